The van der Waals surface area contributed by atoms with Gasteiger partial charge in [0, 0.05) is 17.6 Å². The highest BCUT2D eigenvalue weighted by Crippen LogP contribution is 2.27. The minimum absolute atomic E-state index is 0.0771. The number of halogens is 1. The SMILES string of the molecule is CC[C@H](C)NC(=O)[C@H](C)N(Cc1cccc(Cl)c1)C(=O)CN(c1cc(C)cc(C)c1)S(=O)(=O)c1ccc(C)cc1. The van der Waals surface area contributed by atoms with Gasteiger partial charge in [-0.15, -0.1) is 0 Å². The molecule has 3 aromatic rings. The Labute approximate surface area is 243 Å². The monoisotopic (exact) mass is 583 g/mol. The van der Waals surface area contributed by atoms with Crippen molar-refractivity contribution in [2.75, 3.05) is 10.8 Å². The molecular formula is C31H38ClN3O4S. The molecule has 0 spiro atoms. The summed E-state index contributed by atoms with van der Waals surface area (Å²) in [4.78, 5) is 28.7. The standard InChI is InChI=1S/C31H38ClN3O4S/c1-7-24(5)33-31(37)25(6)34(19-26-9-8-10-27(32)18-26)30(36)20-35(28-16-22(3)15-23(4)17-28)40(38,39)29-13-11-21(2)12-14-29/h8-18,24-25H,7,19-20H2,1-6H3,(H,33,37)/t24-,25-/m0/s1. The first-order valence-corrected chi connectivity index (χ1v) is 15.2. The van der Waals surface area contributed by atoms with E-state index in [-0.39, 0.29) is 23.4 Å². The summed E-state index contributed by atoms with van der Waals surface area (Å²) in [6, 6.07) is 18.1. The molecule has 3 aromatic carbocycles. The minimum Gasteiger partial charge on any atom is -0.352 e. The molecule has 2 atom stereocenters. The highest BCUT2D eigenvalue weighted by atomic mass is 35.5. The molecule has 0 saturated carbocycles. The first-order valence-electron chi connectivity index (χ1n) is 13.3. The predicted octanol–water partition coefficient (Wildman–Crippen LogP) is 5.79. The van der Waals surface area contributed by atoms with Gasteiger partial charge in [-0.3, -0.25) is 13.9 Å². The lowest BCUT2D eigenvalue weighted by molar-refractivity contribution is -0.139. The largest absolute Gasteiger partial charge is 0.352 e. The number of nitrogens with zero attached hydrogens (tertiary/aromatic N) is 2. The van der Waals surface area contributed by atoms with Gasteiger partial charge < -0.3 is 10.2 Å². The lowest BCUT2D eigenvalue weighted by Crippen LogP contribution is -2.52. The molecule has 0 radical (unpaired) electrons. The van der Waals surface area contributed by atoms with E-state index in [0.29, 0.717) is 10.7 Å². The Morgan fingerprint density at radius 2 is 1.52 bits per heavy atom. The Hall–Kier alpha value is -3.36. The van der Waals surface area contributed by atoms with E-state index in [2.05, 4.69) is 5.32 Å². The zero-order valence-electron chi connectivity index (χ0n) is 23.9. The van der Waals surface area contributed by atoms with Gasteiger partial charge in [0.1, 0.15) is 12.6 Å². The molecule has 40 heavy (non-hydrogen) atoms. The number of carbonyl (C=O) groups excluding carboxylic acids is 2. The molecule has 0 aliphatic heterocycles. The summed E-state index contributed by atoms with van der Waals surface area (Å²) in [6.07, 6.45) is 0.732. The molecule has 9 heteroatoms. The van der Waals surface area contributed by atoms with Crippen LogP contribution in [0.2, 0.25) is 5.02 Å². The van der Waals surface area contributed by atoms with Gasteiger partial charge >= 0.3 is 0 Å². The van der Waals surface area contributed by atoms with E-state index in [1.807, 2.05) is 46.8 Å². The number of rotatable bonds is 11. The van der Waals surface area contributed by atoms with Crippen LogP contribution in [-0.2, 0) is 26.2 Å². The van der Waals surface area contributed by atoms with Crippen molar-refractivity contribution < 1.29 is 18.0 Å². The third-order valence-corrected chi connectivity index (χ3v) is 8.82. The first kappa shape index (κ1) is 31.2. The quantitative estimate of drug-likeness (QED) is 0.309. The third kappa shape index (κ3) is 7.86. The Morgan fingerprint density at radius 1 is 0.900 bits per heavy atom. The van der Waals surface area contributed by atoms with Gasteiger partial charge in [-0.2, -0.15) is 0 Å². The molecular weight excluding hydrogens is 546 g/mol. The van der Waals surface area contributed by atoms with E-state index in [1.165, 1.54) is 17.0 Å². The fourth-order valence-electron chi connectivity index (χ4n) is 4.34. The molecule has 7 nitrogen and oxygen atoms in total. The Kier molecular flexibility index (Phi) is 10.4. The van der Waals surface area contributed by atoms with Crippen LogP contribution in [0.25, 0.3) is 0 Å². The van der Waals surface area contributed by atoms with E-state index in [0.717, 1.165) is 33.0 Å². The van der Waals surface area contributed by atoms with Crippen LogP contribution in [0.5, 0.6) is 0 Å². The van der Waals surface area contributed by atoms with Crippen molar-refractivity contribution in [3.63, 3.8) is 0 Å². The van der Waals surface area contributed by atoms with Gasteiger partial charge in [0.15, 0.2) is 0 Å². The second kappa shape index (κ2) is 13.3. The Morgan fingerprint density at radius 3 is 2.10 bits per heavy atom. The van der Waals surface area contributed by atoms with Crippen LogP contribution < -0.4 is 9.62 Å². The molecule has 214 valence electrons. The topological polar surface area (TPSA) is 86.8 Å². The lowest BCUT2D eigenvalue weighted by Gasteiger charge is -2.32. The normalized spacial score (nSPS) is 12.9. The van der Waals surface area contributed by atoms with Crippen LogP contribution in [0, 0.1) is 20.8 Å². The Balaban J connectivity index is 2.06. The number of sulfonamides is 1. The zero-order valence-corrected chi connectivity index (χ0v) is 25.5. The summed E-state index contributed by atoms with van der Waals surface area (Å²) in [5.74, 6) is -0.828. The molecule has 0 bridgehead atoms. The summed E-state index contributed by atoms with van der Waals surface area (Å²) < 4.78 is 29.1. The second-order valence-corrected chi connectivity index (χ2v) is 12.6. The number of benzene rings is 3. The van der Waals surface area contributed by atoms with Gasteiger partial charge in [-0.05, 0) is 94.1 Å². The summed E-state index contributed by atoms with van der Waals surface area (Å²) in [5.41, 5.74) is 3.75. The average Bonchev–Trinajstić information content (AvgIpc) is 2.89. The van der Waals surface area contributed by atoms with E-state index in [4.69, 9.17) is 11.6 Å². The van der Waals surface area contributed by atoms with Crippen molar-refractivity contribution in [1.82, 2.24) is 10.2 Å². The third-order valence-electron chi connectivity index (χ3n) is 6.79. The molecule has 0 heterocycles. The van der Waals surface area contributed by atoms with Crippen molar-refractivity contribution >= 4 is 39.1 Å². The maximum atomic E-state index is 14.0. The average molecular weight is 584 g/mol. The molecule has 0 fully saturated rings. The Bertz CT molecular complexity index is 1440. The molecule has 1 N–H and O–H groups in total. The van der Waals surface area contributed by atoms with Crippen molar-refractivity contribution in [2.24, 2.45) is 0 Å². The highest BCUT2D eigenvalue weighted by molar-refractivity contribution is 7.92. The van der Waals surface area contributed by atoms with Gasteiger partial charge in [-0.1, -0.05) is 54.4 Å². The molecule has 0 aliphatic rings. The fraction of sp³-hybridized carbons (Fsp3) is 0.355. The van der Waals surface area contributed by atoms with Crippen LogP contribution in [-0.4, -0.2) is 43.8 Å². The number of anilines is 1. The van der Waals surface area contributed by atoms with E-state index in [1.54, 1.807) is 49.4 Å². The molecule has 0 saturated heterocycles. The van der Waals surface area contributed by atoms with Crippen molar-refractivity contribution in [1.29, 1.82) is 0 Å². The van der Waals surface area contributed by atoms with Crippen LogP contribution in [0.15, 0.2) is 71.6 Å². The van der Waals surface area contributed by atoms with Gasteiger partial charge in [0.05, 0.1) is 10.6 Å². The summed E-state index contributed by atoms with van der Waals surface area (Å²) in [7, 11) is -4.12. The van der Waals surface area contributed by atoms with Gasteiger partial charge in [-0.25, -0.2) is 8.42 Å². The van der Waals surface area contributed by atoms with E-state index in [9.17, 15) is 18.0 Å². The maximum absolute atomic E-state index is 14.0. The van der Waals surface area contributed by atoms with Crippen molar-refractivity contribution in [3.8, 4) is 0 Å². The number of carbonyl (C=O) groups is 2. The maximum Gasteiger partial charge on any atom is 0.264 e. The molecule has 3 rings (SSSR count). The molecule has 2 amide bonds. The van der Waals surface area contributed by atoms with Crippen molar-refractivity contribution in [2.45, 2.75) is 71.5 Å². The number of hydrogen-bond acceptors (Lipinski definition) is 4. The van der Waals surface area contributed by atoms with E-state index < -0.39 is 28.5 Å². The first-order chi connectivity index (χ1) is 18.8. The molecule has 0 aliphatic carbocycles. The van der Waals surface area contributed by atoms with Crippen LogP contribution in [0.1, 0.15) is 49.4 Å². The van der Waals surface area contributed by atoms with Crippen LogP contribution in [0.4, 0.5) is 5.69 Å². The number of aryl methyl sites for hydroxylation is 3. The predicted molar refractivity (Wildman–Crippen MR) is 161 cm³/mol. The number of hydrogen-bond donors (Lipinski definition) is 1. The molecule has 0 unspecified atom stereocenters. The highest BCUT2D eigenvalue weighted by Gasteiger charge is 2.33. The smallest absolute Gasteiger partial charge is 0.264 e. The van der Waals surface area contributed by atoms with E-state index >= 15 is 0 Å². The van der Waals surface area contributed by atoms with Gasteiger partial charge in [0.25, 0.3) is 10.0 Å². The summed E-state index contributed by atoms with van der Waals surface area (Å²) in [6.45, 7) is 10.7. The summed E-state index contributed by atoms with van der Waals surface area (Å²) >= 11 is 6.20. The fourth-order valence-corrected chi connectivity index (χ4v) is 5.95. The minimum atomic E-state index is -4.12. The number of nitrogens with one attached hydrogen (secondary N) is 1. The number of amides is 2. The van der Waals surface area contributed by atoms with Crippen molar-refractivity contribution in [3.05, 3.63) is 94.0 Å². The van der Waals surface area contributed by atoms with Crippen LogP contribution in [0.3, 0.4) is 0 Å². The summed E-state index contributed by atoms with van der Waals surface area (Å²) in [5, 5.41) is 3.43. The lowest BCUT2D eigenvalue weighted by atomic mass is 10.1. The van der Waals surface area contributed by atoms with Crippen LogP contribution >= 0.6 is 11.6 Å². The zero-order chi connectivity index (χ0) is 29.6. The second-order valence-electron chi connectivity index (χ2n) is 10.3. The van der Waals surface area contributed by atoms with Gasteiger partial charge in [0.2, 0.25) is 11.8 Å². The molecule has 0 aromatic heterocycles.